The molecule has 0 aliphatic heterocycles. The maximum absolute atomic E-state index is 11.8. The third-order valence-corrected chi connectivity index (χ3v) is 3.03. The topological polar surface area (TPSA) is 66.9 Å². The molecule has 0 aliphatic rings. The van der Waals surface area contributed by atoms with Gasteiger partial charge in [-0.2, -0.15) is 0 Å². The van der Waals surface area contributed by atoms with Crippen LogP contribution < -0.4 is 10.6 Å². The minimum atomic E-state index is -0.0604. The summed E-state index contributed by atoms with van der Waals surface area (Å²) < 4.78 is 3.80. The maximum Gasteiger partial charge on any atom is 0.264 e. The maximum atomic E-state index is 11.8. The number of aryl methyl sites for hydroxylation is 1. The molecule has 0 saturated heterocycles. The summed E-state index contributed by atoms with van der Waals surface area (Å²) in [6.07, 6.45) is 0.741. The standard InChI is InChI=1S/C10H18N4OS/c1-4-8-9(16-14-13-8)10(15)12-6-7(2)5-11-3/h7,11H,4-6H2,1-3H3,(H,12,15). The number of nitrogens with zero attached hydrogens (tertiary/aromatic N) is 2. The van der Waals surface area contributed by atoms with Crippen LogP contribution in [0.2, 0.25) is 0 Å². The normalized spacial score (nSPS) is 12.4. The monoisotopic (exact) mass is 242 g/mol. The number of carbonyl (C=O) groups excluding carboxylic acids is 1. The first-order chi connectivity index (χ1) is 7.69. The van der Waals surface area contributed by atoms with Crippen LogP contribution in [0.15, 0.2) is 0 Å². The summed E-state index contributed by atoms with van der Waals surface area (Å²) in [5.74, 6) is 0.356. The van der Waals surface area contributed by atoms with Gasteiger partial charge in [-0.1, -0.05) is 18.3 Å². The van der Waals surface area contributed by atoms with Crippen molar-refractivity contribution in [2.24, 2.45) is 5.92 Å². The lowest BCUT2D eigenvalue weighted by molar-refractivity contribution is 0.0951. The van der Waals surface area contributed by atoms with E-state index >= 15 is 0 Å². The van der Waals surface area contributed by atoms with Gasteiger partial charge in [-0.05, 0) is 37.5 Å². The second-order valence-corrected chi connectivity index (χ2v) is 4.53. The van der Waals surface area contributed by atoms with E-state index in [2.05, 4.69) is 27.1 Å². The molecule has 90 valence electrons. The first-order valence-corrected chi connectivity index (χ1v) is 6.20. The van der Waals surface area contributed by atoms with Crippen molar-refractivity contribution in [3.8, 4) is 0 Å². The average molecular weight is 242 g/mol. The Labute approximate surface area is 99.8 Å². The lowest BCUT2D eigenvalue weighted by Crippen LogP contribution is -2.32. The molecule has 1 heterocycles. The van der Waals surface area contributed by atoms with E-state index < -0.39 is 0 Å². The molecule has 6 heteroatoms. The lowest BCUT2D eigenvalue weighted by atomic mass is 10.2. The first kappa shape index (κ1) is 13.1. The zero-order chi connectivity index (χ0) is 12.0. The summed E-state index contributed by atoms with van der Waals surface area (Å²) in [6.45, 7) is 5.61. The predicted octanol–water partition coefficient (Wildman–Crippen LogP) is 0.686. The lowest BCUT2D eigenvalue weighted by Gasteiger charge is -2.11. The number of nitrogens with one attached hydrogen (secondary N) is 2. The van der Waals surface area contributed by atoms with E-state index in [1.807, 2.05) is 14.0 Å². The minimum absolute atomic E-state index is 0.0604. The van der Waals surface area contributed by atoms with Crippen molar-refractivity contribution in [1.29, 1.82) is 0 Å². The van der Waals surface area contributed by atoms with E-state index in [9.17, 15) is 4.79 Å². The molecule has 0 radical (unpaired) electrons. The van der Waals surface area contributed by atoms with Crippen LogP contribution in [0.5, 0.6) is 0 Å². The molecule has 1 aromatic heterocycles. The predicted molar refractivity (Wildman–Crippen MR) is 64.7 cm³/mol. The Kier molecular flexibility index (Phi) is 5.34. The van der Waals surface area contributed by atoms with Crippen LogP contribution in [0.4, 0.5) is 0 Å². The number of hydrogen-bond acceptors (Lipinski definition) is 5. The van der Waals surface area contributed by atoms with E-state index in [4.69, 9.17) is 0 Å². The van der Waals surface area contributed by atoms with Crippen molar-refractivity contribution in [3.05, 3.63) is 10.6 Å². The summed E-state index contributed by atoms with van der Waals surface area (Å²) in [5.41, 5.74) is 0.781. The van der Waals surface area contributed by atoms with Crippen LogP contribution in [0.1, 0.15) is 29.2 Å². The summed E-state index contributed by atoms with van der Waals surface area (Å²) >= 11 is 1.16. The smallest absolute Gasteiger partial charge is 0.264 e. The molecule has 5 nitrogen and oxygen atoms in total. The fourth-order valence-electron chi connectivity index (χ4n) is 1.38. The van der Waals surface area contributed by atoms with Gasteiger partial charge in [0.15, 0.2) is 0 Å². The zero-order valence-electron chi connectivity index (χ0n) is 9.91. The largest absolute Gasteiger partial charge is 0.351 e. The number of hydrogen-bond donors (Lipinski definition) is 2. The van der Waals surface area contributed by atoms with Crippen molar-refractivity contribution < 1.29 is 4.79 Å². The molecule has 0 saturated carbocycles. The third-order valence-electron chi connectivity index (χ3n) is 2.26. The molecule has 0 aliphatic carbocycles. The molecule has 0 bridgehead atoms. The minimum Gasteiger partial charge on any atom is -0.351 e. The molecule has 0 fully saturated rings. The molecule has 1 aromatic rings. The highest BCUT2D eigenvalue weighted by molar-refractivity contribution is 7.08. The Morgan fingerprint density at radius 2 is 2.25 bits per heavy atom. The fraction of sp³-hybridized carbons (Fsp3) is 0.700. The van der Waals surface area contributed by atoms with Gasteiger partial charge in [0, 0.05) is 6.54 Å². The highest BCUT2D eigenvalue weighted by atomic mass is 32.1. The highest BCUT2D eigenvalue weighted by Gasteiger charge is 2.15. The Hall–Kier alpha value is -1.01. The molecule has 2 N–H and O–H groups in total. The van der Waals surface area contributed by atoms with E-state index in [1.165, 1.54) is 0 Å². The number of amides is 1. The van der Waals surface area contributed by atoms with Crippen LogP contribution in [-0.2, 0) is 6.42 Å². The van der Waals surface area contributed by atoms with E-state index in [-0.39, 0.29) is 5.91 Å². The average Bonchev–Trinajstić information content (AvgIpc) is 2.74. The molecular formula is C10H18N4OS. The highest BCUT2D eigenvalue weighted by Crippen LogP contribution is 2.10. The summed E-state index contributed by atoms with van der Waals surface area (Å²) in [4.78, 5) is 12.4. The fourth-order valence-corrected chi connectivity index (χ4v) is 2.05. The summed E-state index contributed by atoms with van der Waals surface area (Å²) in [7, 11) is 1.90. The van der Waals surface area contributed by atoms with Crippen molar-refractivity contribution in [2.45, 2.75) is 20.3 Å². The van der Waals surface area contributed by atoms with Gasteiger partial charge >= 0.3 is 0 Å². The molecule has 0 spiro atoms. The van der Waals surface area contributed by atoms with Gasteiger partial charge in [-0.15, -0.1) is 5.10 Å². The Morgan fingerprint density at radius 1 is 1.50 bits per heavy atom. The Balaban J connectivity index is 2.46. The van der Waals surface area contributed by atoms with Crippen LogP contribution in [0, 0.1) is 5.92 Å². The van der Waals surface area contributed by atoms with Gasteiger partial charge in [-0.3, -0.25) is 4.79 Å². The third kappa shape index (κ3) is 3.53. The molecule has 1 rings (SSSR count). The van der Waals surface area contributed by atoms with Gasteiger partial charge in [0.05, 0.1) is 5.69 Å². The van der Waals surface area contributed by atoms with Crippen LogP contribution in [0.25, 0.3) is 0 Å². The zero-order valence-corrected chi connectivity index (χ0v) is 10.7. The summed E-state index contributed by atoms with van der Waals surface area (Å²) in [6, 6.07) is 0. The van der Waals surface area contributed by atoms with Gasteiger partial charge in [0.1, 0.15) is 4.88 Å². The Bertz CT molecular complexity index is 339. The van der Waals surface area contributed by atoms with Crippen molar-refractivity contribution >= 4 is 17.4 Å². The van der Waals surface area contributed by atoms with Gasteiger partial charge in [0.2, 0.25) is 0 Å². The van der Waals surface area contributed by atoms with Crippen LogP contribution >= 0.6 is 11.5 Å². The SMILES string of the molecule is CCc1nnsc1C(=O)NCC(C)CNC. The quantitative estimate of drug-likeness (QED) is 0.770. The second kappa shape index (κ2) is 6.55. The first-order valence-electron chi connectivity index (χ1n) is 5.43. The molecule has 16 heavy (non-hydrogen) atoms. The van der Waals surface area contributed by atoms with Gasteiger partial charge < -0.3 is 10.6 Å². The van der Waals surface area contributed by atoms with E-state index in [0.717, 1.165) is 30.2 Å². The number of rotatable bonds is 6. The summed E-state index contributed by atoms with van der Waals surface area (Å²) in [5, 5.41) is 9.89. The van der Waals surface area contributed by atoms with Crippen molar-refractivity contribution in [1.82, 2.24) is 20.2 Å². The number of carbonyl (C=O) groups is 1. The molecule has 0 aromatic carbocycles. The molecule has 1 amide bonds. The van der Waals surface area contributed by atoms with Crippen molar-refractivity contribution in [2.75, 3.05) is 20.1 Å². The van der Waals surface area contributed by atoms with Crippen molar-refractivity contribution in [3.63, 3.8) is 0 Å². The number of aromatic nitrogens is 2. The van der Waals surface area contributed by atoms with Crippen LogP contribution in [0.3, 0.4) is 0 Å². The molecular weight excluding hydrogens is 224 g/mol. The van der Waals surface area contributed by atoms with Crippen LogP contribution in [-0.4, -0.2) is 35.6 Å². The second-order valence-electron chi connectivity index (χ2n) is 3.78. The molecule has 1 atom stereocenters. The van der Waals surface area contributed by atoms with E-state index in [0.29, 0.717) is 17.3 Å². The Morgan fingerprint density at radius 3 is 2.88 bits per heavy atom. The van der Waals surface area contributed by atoms with E-state index in [1.54, 1.807) is 0 Å². The van der Waals surface area contributed by atoms with Gasteiger partial charge in [0.25, 0.3) is 5.91 Å². The van der Waals surface area contributed by atoms with Gasteiger partial charge in [-0.25, -0.2) is 0 Å². The molecule has 1 unspecified atom stereocenters.